The summed E-state index contributed by atoms with van der Waals surface area (Å²) >= 11 is 0. The Balaban J connectivity index is 1.24. The van der Waals surface area contributed by atoms with Gasteiger partial charge < -0.3 is 14.4 Å². The van der Waals surface area contributed by atoms with Crippen molar-refractivity contribution in [2.24, 2.45) is 16.2 Å². The van der Waals surface area contributed by atoms with Gasteiger partial charge in [0.05, 0.1) is 33.9 Å². The molecule has 7 nitrogen and oxygen atoms in total. The number of benzene rings is 3. The number of carbonyl (C=O) groups excluding carboxylic acids is 2. The predicted molar refractivity (Wildman–Crippen MR) is 200 cm³/mol. The summed E-state index contributed by atoms with van der Waals surface area (Å²) in [5.74, 6) is 0.883. The Kier molecular flexibility index (Phi) is 10.3. The maximum absolute atomic E-state index is 14.4. The fraction of sp³-hybridized carbons (Fsp3) is 0.476. The zero-order valence-electron chi connectivity index (χ0n) is 29.5. The molecule has 1 fully saturated rings. The Hall–Kier alpha value is -3.75. The number of nitrogens with zero attached hydrogens (tertiary/aromatic N) is 2. The predicted octanol–water partition coefficient (Wildman–Crippen LogP) is 7.67. The molecule has 4 aliphatic rings. The molecule has 2 aliphatic carbocycles. The molecule has 8 heteroatoms. The first-order valence-electron chi connectivity index (χ1n) is 18.4. The van der Waals surface area contributed by atoms with Gasteiger partial charge >= 0.3 is 0 Å². The first kappa shape index (κ1) is 34.7. The van der Waals surface area contributed by atoms with Crippen LogP contribution < -0.4 is 9.64 Å². The number of Topliss-reactive ketones (excluding diaryl/α,β-unsaturated/α-hetero) is 1. The van der Waals surface area contributed by atoms with E-state index in [0.717, 1.165) is 62.2 Å². The van der Waals surface area contributed by atoms with Crippen LogP contribution in [0.3, 0.4) is 0 Å². The lowest BCUT2D eigenvalue weighted by Gasteiger charge is -2.46. The highest BCUT2D eigenvalue weighted by molar-refractivity contribution is 7.94. The van der Waals surface area contributed by atoms with Gasteiger partial charge in [0.2, 0.25) is 0 Å². The Labute approximate surface area is 297 Å². The highest BCUT2D eigenvalue weighted by atomic mass is 32.2. The van der Waals surface area contributed by atoms with Crippen LogP contribution in [0.2, 0.25) is 0 Å². The average Bonchev–Trinajstić information content (AvgIpc) is 3.25. The number of methoxy groups -OCH3 is 1. The van der Waals surface area contributed by atoms with E-state index in [9.17, 15) is 13.8 Å². The van der Waals surface area contributed by atoms with Gasteiger partial charge in [-0.2, -0.15) is 4.36 Å². The molecule has 2 aliphatic heterocycles. The van der Waals surface area contributed by atoms with Crippen molar-refractivity contribution in [1.82, 2.24) is 0 Å². The third-order valence-corrected chi connectivity index (χ3v) is 13.6. The van der Waals surface area contributed by atoms with Gasteiger partial charge in [-0.15, -0.1) is 0 Å². The van der Waals surface area contributed by atoms with E-state index in [1.807, 2.05) is 42.5 Å². The molecular weight excluding hydrogens is 645 g/mol. The van der Waals surface area contributed by atoms with Crippen molar-refractivity contribution in [2.45, 2.75) is 76.2 Å². The van der Waals surface area contributed by atoms with E-state index < -0.39 is 15.6 Å². The quantitative estimate of drug-likeness (QED) is 0.246. The number of aryl methyl sites for hydroxylation is 3. The normalized spacial score (nSPS) is 28.6. The van der Waals surface area contributed by atoms with Gasteiger partial charge in [0.25, 0.3) is 5.91 Å². The number of rotatable bonds is 6. The minimum absolute atomic E-state index is 0.00165. The van der Waals surface area contributed by atoms with Gasteiger partial charge in [-0.3, -0.25) is 9.59 Å². The smallest absolute Gasteiger partial charge is 0.285 e. The fourth-order valence-electron chi connectivity index (χ4n) is 8.60. The zero-order chi connectivity index (χ0) is 34.7. The summed E-state index contributed by atoms with van der Waals surface area (Å²) in [6, 6.07) is 22.2. The highest BCUT2D eigenvalue weighted by Gasteiger charge is 2.44. The molecule has 0 saturated heterocycles. The van der Waals surface area contributed by atoms with Crippen molar-refractivity contribution in [3.05, 3.63) is 107 Å². The van der Waals surface area contributed by atoms with Crippen molar-refractivity contribution >= 4 is 27.1 Å². The Morgan fingerprint density at radius 3 is 2.74 bits per heavy atom. The Morgan fingerprint density at radius 1 is 1.08 bits per heavy atom. The van der Waals surface area contributed by atoms with Gasteiger partial charge in [0.1, 0.15) is 11.5 Å². The minimum Gasteiger partial charge on any atom is -0.490 e. The Bertz CT molecular complexity index is 1880. The van der Waals surface area contributed by atoms with Crippen molar-refractivity contribution in [3.8, 4) is 5.75 Å². The molecule has 0 radical (unpaired) electrons. The summed E-state index contributed by atoms with van der Waals surface area (Å²) in [5.41, 5.74) is 6.21. The first-order valence-corrected chi connectivity index (χ1v) is 20.2. The molecule has 1 spiro atoms. The number of ether oxygens (including phenoxy) is 2. The molecule has 7 rings (SSSR count). The number of ketones is 1. The monoisotopic (exact) mass is 694 g/mol. The summed E-state index contributed by atoms with van der Waals surface area (Å²) in [5, 5.41) is 0. The van der Waals surface area contributed by atoms with Crippen molar-refractivity contribution < 1.29 is 23.3 Å². The second-order valence-electron chi connectivity index (χ2n) is 15.0. The summed E-state index contributed by atoms with van der Waals surface area (Å²) in [4.78, 5) is 29.6. The second-order valence-corrected chi connectivity index (χ2v) is 17.4. The first-order chi connectivity index (χ1) is 24.2. The zero-order valence-corrected chi connectivity index (χ0v) is 30.3. The van der Waals surface area contributed by atoms with Gasteiger partial charge in [-0.1, -0.05) is 66.2 Å². The van der Waals surface area contributed by atoms with Gasteiger partial charge in [0, 0.05) is 43.4 Å². The van der Waals surface area contributed by atoms with E-state index in [0.29, 0.717) is 43.3 Å². The molecule has 3 aromatic carbocycles. The lowest BCUT2D eigenvalue weighted by atomic mass is 9.68. The molecule has 2 bridgehead atoms. The van der Waals surface area contributed by atoms with Gasteiger partial charge in [-0.05, 0) is 105 Å². The van der Waals surface area contributed by atoms with Crippen LogP contribution in [-0.4, -0.2) is 60.3 Å². The van der Waals surface area contributed by atoms with Crippen LogP contribution in [0.5, 0.6) is 5.75 Å². The molecule has 2 heterocycles. The summed E-state index contributed by atoms with van der Waals surface area (Å²) in [7, 11) is -1.34. The van der Waals surface area contributed by atoms with E-state index in [2.05, 4.69) is 46.5 Å². The van der Waals surface area contributed by atoms with Crippen LogP contribution in [0, 0.1) is 18.8 Å². The SMILES string of the molecule is CO[C@H]1/C=C/CCC[S@@](=O)(CC(=O)CCc2ccccc2)=NC(=O)c2ccc3c(c2)N(C[C@@H]2CC[C@H]21)C[C@@]1(CCCc2cc(C)ccc21)CO3. The molecule has 3 aromatic rings. The van der Waals surface area contributed by atoms with Crippen LogP contribution in [0.4, 0.5) is 5.69 Å². The lowest BCUT2D eigenvalue weighted by Crippen LogP contribution is -2.49. The molecule has 5 atom stereocenters. The van der Waals surface area contributed by atoms with Crippen molar-refractivity contribution in [1.29, 1.82) is 0 Å². The minimum atomic E-state index is -3.13. The van der Waals surface area contributed by atoms with Crippen molar-refractivity contribution in [3.63, 3.8) is 0 Å². The number of hydrogen-bond acceptors (Lipinski definition) is 6. The van der Waals surface area contributed by atoms with E-state index in [-0.39, 0.29) is 35.2 Å². The van der Waals surface area contributed by atoms with E-state index >= 15 is 0 Å². The van der Waals surface area contributed by atoms with Crippen molar-refractivity contribution in [2.75, 3.05) is 43.2 Å². The van der Waals surface area contributed by atoms with Crippen LogP contribution in [-0.2, 0) is 37.5 Å². The van der Waals surface area contributed by atoms with Gasteiger partial charge in [0.15, 0.2) is 0 Å². The number of carbonyl (C=O) groups is 2. The highest BCUT2D eigenvalue weighted by Crippen LogP contribution is 2.47. The van der Waals surface area contributed by atoms with Crippen LogP contribution in [0.15, 0.2) is 83.2 Å². The largest absolute Gasteiger partial charge is 0.490 e. The van der Waals surface area contributed by atoms with Crippen LogP contribution >= 0.6 is 0 Å². The topological polar surface area (TPSA) is 85.3 Å². The van der Waals surface area contributed by atoms with E-state index in [1.165, 1.54) is 16.7 Å². The molecule has 0 N–H and O–H groups in total. The maximum atomic E-state index is 14.4. The second kappa shape index (κ2) is 14.8. The molecule has 50 heavy (non-hydrogen) atoms. The summed E-state index contributed by atoms with van der Waals surface area (Å²) in [6.07, 6.45) is 11.8. The van der Waals surface area contributed by atoms with E-state index in [1.54, 1.807) is 13.2 Å². The number of allylic oxidation sites excluding steroid dienone is 1. The standard InChI is InChI=1S/C42H50N2O5S/c1-30-14-20-37-32(24-30)12-9-22-42(37)28-44-26-34-16-19-36(34)39(48-2)13-7-4-8-23-50(47,27-35(45)18-15-31-10-5-3-6-11-31)43-41(46)33-17-21-40(49-29-42)38(44)25-33/h3,5-7,10-11,13-14,17,20-21,24-25,34,36,39H,4,8-9,12,15-16,18-19,22-23,26-29H2,1-2H3/b13-7+/t34-,36+,39-,42-,50+/m0/s1. The molecule has 1 saturated carbocycles. The third-order valence-electron chi connectivity index (χ3n) is 11.4. The molecule has 0 aromatic heterocycles. The molecular formula is C42H50N2O5S. The number of fused-ring (bicyclic) bond motifs is 4. The van der Waals surface area contributed by atoms with Crippen LogP contribution in [0.25, 0.3) is 0 Å². The molecule has 0 unspecified atom stereocenters. The number of hydrogen-bond donors (Lipinski definition) is 0. The van der Waals surface area contributed by atoms with Crippen LogP contribution in [0.1, 0.15) is 77.6 Å². The van der Waals surface area contributed by atoms with Gasteiger partial charge in [-0.25, -0.2) is 4.21 Å². The molecule has 1 amide bonds. The maximum Gasteiger partial charge on any atom is 0.285 e. The Morgan fingerprint density at radius 2 is 1.94 bits per heavy atom. The molecule has 264 valence electrons. The summed E-state index contributed by atoms with van der Waals surface area (Å²) < 4.78 is 31.5. The average molecular weight is 695 g/mol. The number of amides is 1. The number of anilines is 1. The summed E-state index contributed by atoms with van der Waals surface area (Å²) in [6.45, 7) is 4.35. The van der Waals surface area contributed by atoms with E-state index in [4.69, 9.17) is 9.47 Å². The fourth-order valence-corrected chi connectivity index (χ4v) is 10.6. The lowest BCUT2D eigenvalue weighted by molar-refractivity contribution is -0.116. The third kappa shape index (κ3) is 7.47.